The molecule has 0 aromatic rings. The van der Waals surface area contributed by atoms with Crippen LogP contribution in [0.5, 0.6) is 0 Å². The second kappa shape index (κ2) is 11.0. The summed E-state index contributed by atoms with van der Waals surface area (Å²) in [6.45, 7) is 6.20. The molecule has 2 atom stereocenters. The maximum atomic E-state index is 12.3. The van der Waals surface area contributed by atoms with Crippen LogP contribution in [0.2, 0.25) is 0 Å². The van der Waals surface area contributed by atoms with Gasteiger partial charge in [0.15, 0.2) is 0 Å². The first kappa shape index (κ1) is 20.4. The monoisotopic (exact) mass is 314 g/mol. The molecule has 7 heteroatoms. The Morgan fingerprint density at radius 1 is 1.09 bits per heavy atom. The van der Waals surface area contributed by atoms with Crippen LogP contribution in [0, 0.1) is 5.92 Å². The van der Waals surface area contributed by atoms with Crippen LogP contribution in [0.15, 0.2) is 0 Å². The molecule has 0 saturated heterocycles. The van der Waals surface area contributed by atoms with E-state index in [2.05, 4.69) is 10.6 Å². The molecule has 0 heterocycles. The van der Waals surface area contributed by atoms with Crippen LogP contribution in [0.3, 0.4) is 0 Å². The smallest absolute Gasteiger partial charge is 0.243 e. The minimum atomic E-state index is -0.726. The molecule has 0 aliphatic rings. The Hall–Kier alpha value is -1.63. The second-order valence-corrected chi connectivity index (χ2v) is 5.89. The predicted molar refractivity (Wildman–Crippen MR) is 85.7 cm³/mol. The van der Waals surface area contributed by atoms with E-state index in [1.165, 1.54) is 0 Å². The van der Waals surface area contributed by atoms with Crippen molar-refractivity contribution in [1.82, 2.24) is 10.6 Å². The highest BCUT2D eigenvalue weighted by Crippen LogP contribution is 2.06. The van der Waals surface area contributed by atoms with Gasteiger partial charge in [-0.25, -0.2) is 0 Å². The number of primary amides is 1. The molecule has 0 unspecified atom stereocenters. The molecule has 0 aromatic heterocycles. The van der Waals surface area contributed by atoms with E-state index in [-0.39, 0.29) is 17.7 Å². The molecule has 0 aliphatic carbocycles. The largest absolute Gasteiger partial charge is 0.368 e. The molecule has 0 saturated carbocycles. The van der Waals surface area contributed by atoms with Crippen molar-refractivity contribution < 1.29 is 14.4 Å². The first-order chi connectivity index (χ1) is 10.3. The third-order valence-corrected chi connectivity index (χ3v) is 3.19. The van der Waals surface area contributed by atoms with Crippen molar-refractivity contribution in [1.29, 1.82) is 0 Å². The predicted octanol–water partition coefficient (Wildman–Crippen LogP) is 0.0264. The number of hydrogen-bond acceptors (Lipinski definition) is 4. The van der Waals surface area contributed by atoms with Gasteiger partial charge >= 0.3 is 0 Å². The summed E-state index contributed by atoms with van der Waals surface area (Å²) in [4.78, 5) is 35.4. The Bertz CT molecular complexity index is 372. The Kier molecular flexibility index (Phi) is 10.2. The molecule has 0 aromatic carbocycles. The van der Waals surface area contributed by atoms with Gasteiger partial charge in [0.2, 0.25) is 17.7 Å². The number of carbonyl (C=O) groups excluding carboxylic acids is 3. The molecule has 3 amide bonds. The zero-order valence-electron chi connectivity index (χ0n) is 13.9. The standard InChI is InChI=1S/C15H30N4O3/c1-4-6-13(20)18-11(7-5-8-16)15(22)19-12(14(17)21)9-10(2)3/h10-12H,4-9,16H2,1-3H3,(H2,17,21)(H,18,20)(H,19,22)/t11-,12-/m0/s1. The lowest BCUT2D eigenvalue weighted by atomic mass is 10.0. The minimum Gasteiger partial charge on any atom is -0.368 e. The van der Waals surface area contributed by atoms with Crippen molar-refractivity contribution in [2.45, 2.75) is 65.0 Å². The highest BCUT2D eigenvalue weighted by molar-refractivity contribution is 5.91. The van der Waals surface area contributed by atoms with E-state index in [0.29, 0.717) is 38.6 Å². The Morgan fingerprint density at radius 2 is 1.73 bits per heavy atom. The molecule has 0 fully saturated rings. The number of nitrogens with one attached hydrogen (secondary N) is 2. The molecule has 22 heavy (non-hydrogen) atoms. The van der Waals surface area contributed by atoms with E-state index in [1.54, 1.807) is 0 Å². The van der Waals surface area contributed by atoms with Gasteiger partial charge in [-0.3, -0.25) is 14.4 Å². The second-order valence-electron chi connectivity index (χ2n) is 5.89. The average Bonchev–Trinajstić information content (AvgIpc) is 2.42. The summed E-state index contributed by atoms with van der Waals surface area (Å²) in [7, 11) is 0. The Labute approximate surface area is 132 Å². The first-order valence-corrected chi connectivity index (χ1v) is 7.90. The van der Waals surface area contributed by atoms with E-state index in [4.69, 9.17) is 11.5 Å². The van der Waals surface area contributed by atoms with Crippen LogP contribution in [0.25, 0.3) is 0 Å². The van der Waals surface area contributed by atoms with E-state index in [1.807, 2.05) is 20.8 Å². The highest BCUT2D eigenvalue weighted by atomic mass is 16.2. The summed E-state index contributed by atoms with van der Waals surface area (Å²) in [6, 6.07) is -1.41. The molecule has 0 bridgehead atoms. The number of nitrogens with two attached hydrogens (primary N) is 2. The van der Waals surface area contributed by atoms with Gasteiger partial charge < -0.3 is 22.1 Å². The van der Waals surface area contributed by atoms with Crippen molar-refractivity contribution in [2.75, 3.05) is 6.54 Å². The molecule has 7 nitrogen and oxygen atoms in total. The molecule has 0 spiro atoms. The lowest BCUT2D eigenvalue weighted by molar-refractivity contribution is -0.131. The van der Waals surface area contributed by atoms with Crippen molar-refractivity contribution in [3.8, 4) is 0 Å². The highest BCUT2D eigenvalue weighted by Gasteiger charge is 2.25. The number of hydrogen-bond donors (Lipinski definition) is 4. The Morgan fingerprint density at radius 3 is 2.18 bits per heavy atom. The number of rotatable bonds is 11. The molecule has 0 rings (SSSR count). The van der Waals surface area contributed by atoms with Gasteiger partial charge in [0.05, 0.1) is 0 Å². The number of carbonyl (C=O) groups is 3. The van der Waals surface area contributed by atoms with Crippen LogP contribution in [0.1, 0.15) is 52.9 Å². The van der Waals surface area contributed by atoms with Gasteiger partial charge in [-0.1, -0.05) is 20.8 Å². The average molecular weight is 314 g/mol. The summed E-state index contributed by atoms with van der Waals surface area (Å²) in [6.07, 6.45) is 2.57. The van der Waals surface area contributed by atoms with Crippen LogP contribution in [-0.2, 0) is 14.4 Å². The lowest BCUT2D eigenvalue weighted by Gasteiger charge is -2.22. The van der Waals surface area contributed by atoms with Gasteiger partial charge in [-0.15, -0.1) is 0 Å². The van der Waals surface area contributed by atoms with Gasteiger partial charge in [0.1, 0.15) is 12.1 Å². The van der Waals surface area contributed by atoms with Crippen LogP contribution < -0.4 is 22.1 Å². The third-order valence-electron chi connectivity index (χ3n) is 3.19. The molecule has 0 radical (unpaired) electrons. The van der Waals surface area contributed by atoms with Gasteiger partial charge in [-0.05, 0) is 38.1 Å². The fourth-order valence-corrected chi connectivity index (χ4v) is 2.07. The topological polar surface area (TPSA) is 127 Å². The summed E-state index contributed by atoms with van der Waals surface area (Å²) in [5, 5.41) is 5.33. The number of amides is 3. The van der Waals surface area contributed by atoms with E-state index in [9.17, 15) is 14.4 Å². The summed E-state index contributed by atoms with van der Waals surface area (Å²) in [5.41, 5.74) is 10.8. The fraction of sp³-hybridized carbons (Fsp3) is 0.800. The maximum absolute atomic E-state index is 12.3. The van der Waals surface area contributed by atoms with Crippen molar-refractivity contribution in [2.24, 2.45) is 17.4 Å². The minimum absolute atomic E-state index is 0.181. The maximum Gasteiger partial charge on any atom is 0.243 e. The quantitative estimate of drug-likeness (QED) is 0.429. The van der Waals surface area contributed by atoms with Crippen LogP contribution in [0.4, 0.5) is 0 Å². The molecule has 128 valence electrons. The van der Waals surface area contributed by atoms with Crippen LogP contribution in [-0.4, -0.2) is 36.3 Å². The van der Waals surface area contributed by atoms with E-state index >= 15 is 0 Å². The van der Waals surface area contributed by atoms with Crippen molar-refractivity contribution >= 4 is 17.7 Å². The fourth-order valence-electron chi connectivity index (χ4n) is 2.07. The van der Waals surface area contributed by atoms with Gasteiger partial charge in [-0.2, -0.15) is 0 Å². The third kappa shape index (κ3) is 8.61. The van der Waals surface area contributed by atoms with Gasteiger partial charge in [0.25, 0.3) is 0 Å². The lowest BCUT2D eigenvalue weighted by Crippen LogP contribution is -2.53. The molecule has 0 aliphatic heterocycles. The normalized spacial score (nSPS) is 13.5. The van der Waals surface area contributed by atoms with Crippen LogP contribution >= 0.6 is 0 Å². The van der Waals surface area contributed by atoms with E-state index < -0.39 is 18.0 Å². The van der Waals surface area contributed by atoms with E-state index in [0.717, 1.165) is 0 Å². The molecular weight excluding hydrogens is 284 g/mol. The zero-order valence-corrected chi connectivity index (χ0v) is 13.9. The SMILES string of the molecule is CCCC(=O)N[C@@H](CCCN)C(=O)N[C@@H](CC(C)C)C(N)=O. The van der Waals surface area contributed by atoms with Crippen molar-refractivity contribution in [3.05, 3.63) is 0 Å². The molecular formula is C15H30N4O3. The van der Waals surface area contributed by atoms with Gasteiger partial charge in [0, 0.05) is 6.42 Å². The summed E-state index contributed by atoms with van der Waals surface area (Å²) in [5.74, 6) is -0.920. The zero-order chi connectivity index (χ0) is 17.1. The van der Waals surface area contributed by atoms with Crippen molar-refractivity contribution in [3.63, 3.8) is 0 Å². The first-order valence-electron chi connectivity index (χ1n) is 7.90. The Balaban J connectivity index is 4.77. The molecule has 6 N–H and O–H groups in total. The summed E-state index contributed by atoms with van der Waals surface area (Å²) < 4.78 is 0. The summed E-state index contributed by atoms with van der Waals surface area (Å²) >= 11 is 0.